The van der Waals surface area contributed by atoms with Crippen molar-refractivity contribution >= 4 is 5.97 Å². The highest BCUT2D eigenvalue weighted by Gasteiger charge is 2.37. The minimum atomic E-state index is -0.698. The minimum absolute atomic E-state index is 0.430. The third-order valence-corrected chi connectivity index (χ3v) is 11.4. The normalized spacial score (nSPS) is 16.4. The summed E-state index contributed by atoms with van der Waals surface area (Å²) in [6.45, 7) is 12.7. The molecular formula is C47H93N4O2+. The van der Waals surface area contributed by atoms with Crippen molar-refractivity contribution in [3.8, 4) is 0 Å². The van der Waals surface area contributed by atoms with Crippen LogP contribution in [0.25, 0.3) is 0 Å². The van der Waals surface area contributed by atoms with Crippen molar-refractivity contribution in [3.05, 3.63) is 24.3 Å². The van der Waals surface area contributed by atoms with Crippen LogP contribution in [0.15, 0.2) is 24.3 Å². The van der Waals surface area contributed by atoms with Gasteiger partial charge in [-0.3, -0.25) is 0 Å². The zero-order valence-corrected chi connectivity index (χ0v) is 36.5. The molecule has 1 N–H and O–H groups in total. The molecule has 1 rings (SSSR count). The number of likely N-dealkylation sites (N-methyl/N-ethyl adjacent to an activating group) is 1. The van der Waals surface area contributed by atoms with Gasteiger partial charge in [-0.15, -0.1) is 0 Å². The highest BCUT2D eigenvalue weighted by Crippen LogP contribution is 2.15. The van der Waals surface area contributed by atoms with Crippen molar-refractivity contribution < 1.29 is 14.4 Å². The summed E-state index contributed by atoms with van der Waals surface area (Å²) >= 11 is 0. The monoisotopic (exact) mass is 746 g/mol. The van der Waals surface area contributed by atoms with Crippen LogP contribution in [0.3, 0.4) is 0 Å². The van der Waals surface area contributed by atoms with Gasteiger partial charge in [0, 0.05) is 39.3 Å². The molecule has 0 radical (unpaired) electrons. The van der Waals surface area contributed by atoms with E-state index in [0.29, 0.717) is 4.48 Å². The van der Waals surface area contributed by atoms with E-state index in [0.717, 1.165) is 52.4 Å². The van der Waals surface area contributed by atoms with Gasteiger partial charge >= 0.3 is 5.97 Å². The van der Waals surface area contributed by atoms with E-state index in [1.54, 1.807) is 0 Å². The molecule has 0 bridgehead atoms. The van der Waals surface area contributed by atoms with E-state index in [-0.39, 0.29) is 0 Å². The Labute approximate surface area is 331 Å². The van der Waals surface area contributed by atoms with Gasteiger partial charge in [-0.1, -0.05) is 154 Å². The van der Waals surface area contributed by atoms with Crippen molar-refractivity contribution in [1.82, 2.24) is 14.7 Å². The predicted molar refractivity (Wildman–Crippen MR) is 233 cm³/mol. The number of allylic oxidation sites excluding steroid dienone is 4. The Kier molecular flexibility index (Phi) is 33.1. The molecule has 0 aromatic rings. The van der Waals surface area contributed by atoms with Gasteiger partial charge in [-0.25, -0.2) is 9.69 Å². The summed E-state index contributed by atoms with van der Waals surface area (Å²) in [6.07, 6.45) is 46.8. The smallest absolute Gasteiger partial charge is 0.379 e. The first-order chi connectivity index (χ1) is 25.8. The Morgan fingerprint density at radius 3 is 1.06 bits per heavy atom. The molecular weight excluding hydrogens is 653 g/mol. The molecule has 1 saturated heterocycles. The van der Waals surface area contributed by atoms with Gasteiger partial charge < -0.3 is 19.4 Å². The summed E-state index contributed by atoms with van der Waals surface area (Å²) in [5.41, 5.74) is 0. The third kappa shape index (κ3) is 29.7. The van der Waals surface area contributed by atoms with Crippen molar-refractivity contribution in [3.63, 3.8) is 0 Å². The van der Waals surface area contributed by atoms with Crippen molar-refractivity contribution in [2.45, 2.75) is 200 Å². The summed E-state index contributed by atoms with van der Waals surface area (Å²) in [5.74, 6) is -0.698. The lowest BCUT2D eigenvalue weighted by molar-refractivity contribution is -0.899. The molecule has 6 nitrogen and oxygen atoms in total. The molecule has 0 saturated carbocycles. The quantitative estimate of drug-likeness (QED) is 0.0398. The van der Waals surface area contributed by atoms with E-state index < -0.39 is 12.1 Å². The fraction of sp³-hybridized carbons (Fsp3) is 0.894. The van der Waals surface area contributed by atoms with E-state index >= 15 is 0 Å². The van der Waals surface area contributed by atoms with Crippen LogP contribution in [0.5, 0.6) is 0 Å². The molecule has 1 heterocycles. The topological polar surface area (TPSA) is 47.0 Å². The number of carbonyl (C=O) groups is 1. The summed E-state index contributed by atoms with van der Waals surface area (Å²) in [4.78, 5) is 20.0. The Balaban J connectivity index is 2.34. The van der Waals surface area contributed by atoms with Crippen molar-refractivity contribution in [1.29, 1.82) is 0 Å². The average Bonchev–Trinajstić information content (AvgIpc) is 3.21. The molecule has 1 atom stereocenters. The zero-order valence-electron chi connectivity index (χ0n) is 36.5. The van der Waals surface area contributed by atoms with Crippen molar-refractivity contribution in [2.24, 2.45) is 0 Å². The second-order valence-electron chi connectivity index (χ2n) is 17.4. The minimum Gasteiger partial charge on any atom is -0.476 e. The SMILES string of the molecule is CCCCCCCC/C=C\CCCCCCCCN1CCN(CCCCCCCC/C=C\CCCCCCCC)CCN(C(C(=O)O)[N+](C)(C)C)CC1. The summed E-state index contributed by atoms with van der Waals surface area (Å²) < 4.78 is 0.430. The molecule has 0 aliphatic carbocycles. The largest absolute Gasteiger partial charge is 0.476 e. The summed E-state index contributed by atoms with van der Waals surface area (Å²) in [7, 11) is 6.08. The number of unbranched alkanes of at least 4 members (excludes halogenated alkanes) is 24. The highest BCUT2D eigenvalue weighted by molar-refractivity contribution is 5.71. The zero-order chi connectivity index (χ0) is 38.7. The van der Waals surface area contributed by atoms with Crippen LogP contribution in [-0.4, -0.2) is 110 Å². The summed E-state index contributed by atoms with van der Waals surface area (Å²) in [6, 6.07) is 0. The van der Waals surface area contributed by atoms with Gasteiger partial charge in [0.25, 0.3) is 0 Å². The maximum atomic E-state index is 12.5. The second kappa shape index (κ2) is 35.2. The molecule has 53 heavy (non-hydrogen) atoms. The molecule has 0 aromatic heterocycles. The number of aliphatic carboxylic acids is 1. The number of carboxylic acids is 1. The van der Waals surface area contributed by atoms with Crippen LogP contribution in [0, 0.1) is 0 Å². The molecule has 0 aromatic carbocycles. The van der Waals surface area contributed by atoms with Crippen LogP contribution in [-0.2, 0) is 4.79 Å². The Morgan fingerprint density at radius 1 is 0.472 bits per heavy atom. The number of hydrogen-bond acceptors (Lipinski definition) is 4. The van der Waals surface area contributed by atoms with Gasteiger partial charge in [-0.05, 0) is 77.3 Å². The van der Waals surface area contributed by atoms with Gasteiger partial charge in [0.05, 0.1) is 21.1 Å². The van der Waals surface area contributed by atoms with Gasteiger partial charge in [0.1, 0.15) is 0 Å². The molecule has 1 unspecified atom stereocenters. The van der Waals surface area contributed by atoms with Gasteiger partial charge in [0.2, 0.25) is 6.17 Å². The lowest BCUT2D eigenvalue weighted by Gasteiger charge is -2.39. The van der Waals surface area contributed by atoms with Crippen LogP contribution >= 0.6 is 0 Å². The van der Waals surface area contributed by atoms with E-state index in [1.807, 2.05) is 21.1 Å². The maximum absolute atomic E-state index is 12.5. The van der Waals surface area contributed by atoms with Crippen LogP contribution in [0.1, 0.15) is 194 Å². The van der Waals surface area contributed by atoms with Crippen LogP contribution < -0.4 is 0 Å². The first-order valence-electron chi connectivity index (χ1n) is 23.3. The Bertz CT molecular complexity index is 815. The van der Waals surface area contributed by atoms with Crippen LogP contribution in [0.4, 0.5) is 0 Å². The molecule has 0 spiro atoms. The lowest BCUT2D eigenvalue weighted by Crippen LogP contribution is -2.61. The fourth-order valence-electron chi connectivity index (χ4n) is 7.99. The Hall–Kier alpha value is -1.21. The van der Waals surface area contributed by atoms with Crippen LogP contribution in [0.2, 0.25) is 0 Å². The predicted octanol–water partition coefficient (Wildman–Crippen LogP) is 12.1. The number of rotatable bonds is 35. The van der Waals surface area contributed by atoms with E-state index in [2.05, 4.69) is 52.9 Å². The number of hydrogen-bond donors (Lipinski definition) is 1. The number of quaternary nitrogens is 1. The highest BCUT2D eigenvalue weighted by atomic mass is 16.4. The van der Waals surface area contributed by atoms with Gasteiger partial charge in [-0.2, -0.15) is 0 Å². The Morgan fingerprint density at radius 2 is 0.755 bits per heavy atom. The molecule has 312 valence electrons. The average molecular weight is 746 g/mol. The molecule has 0 amide bonds. The van der Waals surface area contributed by atoms with E-state index in [1.165, 1.54) is 180 Å². The van der Waals surface area contributed by atoms with E-state index in [9.17, 15) is 9.90 Å². The molecule has 1 fully saturated rings. The van der Waals surface area contributed by atoms with Gasteiger partial charge in [0.15, 0.2) is 0 Å². The fourth-order valence-corrected chi connectivity index (χ4v) is 7.99. The third-order valence-electron chi connectivity index (χ3n) is 11.4. The summed E-state index contributed by atoms with van der Waals surface area (Å²) in [5, 5.41) is 10.3. The number of nitrogens with zero attached hydrogens (tertiary/aromatic N) is 4. The van der Waals surface area contributed by atoms with E-state index in [4.69, 9.17) is 0 Å². The first kappa shape index (κ1) is 49.8. The molecule has 6 heteroatoms. The first-order valence-corrected chi connectivity index (χ1v) is 23.3. The number of carboxylic acid groups (broad SMARTS) is 1. The second-order valence-corrected chi connectivity index (χ2v) is 17.4. The van der Waals surface area contributed by atoms with Crippen molar-refractivity contribution in [2.75, 3.05) is 73.5 Å². The molecule has 1 aliphatic rings. The maximum Gasteiger partial charge on any atom is 0.379 e. The molecule has 1 aliphatic heterocycles. The lowest BCUT2D eigenvalue weighted by atomic mass is 10.1. The standard InChI is InChI=1S/C47H92N4O2/c1-6-8-10-12-14-16-18-20-22-24-26-28-30-32-34-36-38-48-40-41-49(43-45-50(44-42-48)46(47(52)53)51(3,4)5)39-37-35-33-31-29-27-25-23-21-19-17-15-13-11-9-7-2/h20-23,46H,6-19,24-45H2,1-5H3/p+1/b22-20-,23-21-.